The van der Waals surface area contributed by atoms with Gasteiger partial charge in [-0.2, -0.15) is 0 Å². The number of thiophene rings is 1. The number of guanidine groups is 1. The van der Waals surface area contributed by atoms with E-state index in [1.54, 1.807) is 18.4 Å². The Balaban J connectivity index is 1.84. The maximum absolute atomic E-state index is 12.2. The number of nitrogens with two attached hydrogens (primary N) is 1. The highest BCUT2D eigenvalue weighted by molar-refractivity contribution is 7.10. The Morgan fingerprint density at radius 3 is 2.88 bits per heavy atom. The fraction of sp³-hybridized carbons (Fsp3) is 0.400. The van der Waals surface area contributed by atoms with E-state index in [4.69, 9.17) is 10.5 Å². The summed E-state index contributed by atoms with van der Waals surface area (Å²) in [5.74, 6) is 1.14. The molecule has 2 heterocycles. The summed E-state index contributed by atoms with van der Waals surface area (Å²) in [7, 11) is 1.66. The number of nitrogens with zero attached hydrogens (tertiary/aromatic N) is 2. The molecule has 1 aliphatic heterocycles. The molecule has 3 rings (SSSR count). The third-order valence-corrected chi connectivity index (χ3v) is 5.82. The van der Waals surface area contributed by atoms with Crippen molar-refractivity contribution in [3.63, 3.8) is 0 Å². The Hall–Kier alpha value is -2.34. The van der Waals surface area contributed by atoms with Gasteiger partial charge in [0, 0.05) is 11.9 Å². The molecule has 0 unspecified atom stereocenters. The average molecular weight is 372 g/mol. The van der Waals surface area contributed by atoms with Crippen molar-refractivity contribution < 1.29 is 9.53 Å². The second-order valence-electron chi connectivity index (χ2n) is 6.80. The molecular weight excluding hydrogens is 346 g/mol. The van der Waals surface area contributed by atoms with Crippen LogP contribution < -0.4 is 10.5 Å². The van der Waals surface area contributed by atoms with Crippen molar-refractivity contribution in [3.8, 4) is 16.9 Å². The SMILES string of the molecule is CCCCOc1cccc(-c2csc([C@]3(C)CC(=O)N(C)C(N)=N3)c2)c1. The van der Waals surface area contributed by atoms with Crippen LogP contribution in [-0.2, 0) is 10.3 Å². The average Bonchev–Trinajstić information content (AvgIpc) is 3.11. The highest BCUT2D eigenvalue weighted by Gasteiger charge is 2.37. The fourth-order valence-electron chi connectivity index (χ4n) is 2.92. The second-order valence-corrected chi connectivity index (χ2v) is 7.71. The Kier molecular flexibility index (Phi) is 5.32. The number of aliphatic imine (C=N–C) groups is 1. The summed E-state index contributed by atoms with van der Waals surface area (Å²) >= 11 is 1.61. The zero-order valence-corrected chi connectivity index (χ0v) is 16.3. The molecule has 0 aliphatic carbocycles. The Morgan fingerprint density at radius 2 is 2.15 bits per heavy atom. The number of benzene rings is 1. The van der Waals surface area contributed by atoms with E-state index >= 15 is 0 Å². The van der Waals surface area contributed by atoms with Gasteiger partial charge in [0.2, 0.25) is 5.91 Å². The van der Waals surface area contributed by atoms with Gasteiger partial charge in [0.25, 0.3) is 0 Å². The van der Waals surface area contributed by atoms with Crippen LogP contribution in [0.1, 0.15) is 38.0 Å². The van der Waals surface area contributed by atoms with Crippen LogP contribution in [0.5, 0.6) is 5.75 Å². The van der Waals surface area contributed by atoms with E-state index in [0.29, 0.717) is 6.42 Å². The number of rotatable bonds is 6. The molecular formula is C20H25N3O2S. The quantitative estimate of drug-likeness (QED) is 0.781. The first-order valence-electron chi connectivity index (χ1n) is 8.87. The number of carbonyl (C=O) groups is 1. The van der Waals surface area contributed by atoms with Crippen LogP contribution in [0.3, 0.4) is 0 Å². The summed E-state index contributed by atoms with van der Waals surface area (Å²) in [5.41, 5.74) is 7.52. The molecule has 1 atom stereocenters. The zero-order chi connectivity index (χ0) is 18.7. The molecule has 2 aromatic rings. The lowest BCUT2D eigenvalue weighted by Crippen LogP contribution is -2.47. The third-order valence-electron chi connectivity index (χ3n) is 4.64. The first kappa shape index (κ1) is 18.5. The van der Waals surface area contributed by atoms with E-state index in [1.807, 2.05) is 19.1 Å². The molecule has 138 valence electrons. The lowest BCUT2D eigenvalue weighted by atomic mass is 9.93. The maximum atomic E-state index is 12.2. The zero-order valence-electron chi connectivity index (χ0n) is 15.5. The summed E-state index contributed by atoms with van der Waals surface area (Å²) in [4.78, 5) is 19.2. The maximum Gasteiger partial charge on any atom is 0.231 e. The van der Waals surface area contributed by atoms with E-state index < -0.39 is 5.54 Å². The topological polar surface area (TPSA) is 67.9 Å². The van der Waals surface area contributed by atoms with Crippen LogP contribution >= 0.6 is 11.3 Å². The fourth-order valence-corrected chi connectivity index (χ4v) is 3.94. The number of ether oxygens (including phenoxy) is 1. The Bertz CT molecular complexity index is 830. The van der Waals surface area contributed by atoms with Crippen molar-refractivity contribution in [3.05, 3.63) is 40.6 Å². The Labute approximate surface area is 158 Å². The van der Waals surface area contributed by atoms with Gasteiger partial charge < -0.3 is 10.5 Å². The lowest BCUT2D eigenvalue weighted by molar-refractivity contribution is -0.128. The molecule has 0 bridgehead atoms. The Morgan fingerprint density at radius 1 is 1.35 bits per heavy atom. The summed E-state index contributed by atoms with van der Waals surface area (Å²) in [6.45, 7) is 4.84. The summed E-state index contributed by atoms with van der Waals surface area (Å²) in [6, 6.07) is 10.2. The number of carbonyl (C=O) groups excluding carboxylic acids is 1. The molecule has 1 aromatic carbocycles. The van der Waals surface area contributed by atoms with E-state index in [0.717, 1.165) is 41.2 Å². The summed E-state index contributed by atoms with van der Waals surface area (Å²) in [6.07, 6.45) is 2.49. The molecule has 5 nitrogen and oxygen atoms in total. The van der Waals surface area contributed by atoms with Crippen molar-refractivity contribution in [2.75, 3.05) is 13.7 Å². The van der Waals surface area contributed by atoms with E-state index in [1.165, 1.54) is 4.90 Å². The highest BCUT2D eigenvalue weighted by Crippen LogP contribution is 2.39. The van der Waals surface area contributed by atoms with Crippen molar-refractivity contribution in [1.82, 2.24) is 4.90 Å². The number of amides is 1. The molecule has 6 heteroatoms. The van der Waals surface area contributed by atoms with Crippen LogP contribution in [0, 0.1) is 0 Å². The van der Waals surface area contributed by atoms with Crippen LogP contribution in [0.2, 0.25) is 0 Å². The normalized spacial score (nSPS) is 20.2. The third kappa shape index (κ3) is 3.75. The summed E-state index contributed by atoms with van der Waals surface area (Å²) < 4.78 is 5.81. The van der Waals surface area contributed by atoms with Gasteiger partial charge in [-0.25, -0.2) is 4.99 Å². The molecule has 2 N–H and O–H groups in total. The summed E-state index contributed by atoms with van der Waals surface area (Å²) in [5, 5.41) is 2.10. The van der Waals surface area contributed by atoms with E-state index in [-0.39, 0.29) is 11.9 Å². The van der Waals surface area contributed by atoms with Crippen molar-refractivity contribution in [2.24, 2.45) is 10.7 Å². The van der Waals surface area contributed by atoms with Crippen molar-refractivity contribution >= 4 is 23.2 Å². The van der Waals surface area contributed by atoms with Crippen LogP contribution in [0.4, 0.5) is 0 Å². The van der Waals surface area contributed by atoms with Gasteiger partial charge >= 0.3 is 0 Å². The second kappa shape index (κ2) is 7.50. The molecule has 0 fully saturated rings. The van der Waals surface area contributed by atoms with Gasteiger partial charge in [-0.1, -0.05) is 25.5 Å². The molecule has 1 amide bonds. The van der Waals surface area contributed by atoms with Crippen LogP contribution in [0.15, 0.2) is 40.7 Å². The largest absolute Gasteiger partial charge is 0.494 e. The molecule has 26 heavy (non-hydrogen) atoms. The monoisotopic (exact) mass is 371 g/mol. The molecule has 0 radical (unpaired) electrons. The predicted octanol–water partition coefficient (Wildman–Crippen LogP) is 3.99. The number of hydrogen-bond acceptors (Lipinski definition) is 5. The molecule has 0 spiro atoms. The molecule has 1 aromatic heterocycles. The molecule has 1 aliphatic rings. The van der Waals surface area contributed by atoms with Gasteiger partial charge in [-0.05, 0) is 48.1 Å². The lowest BCUT2D eigenvalue weighted by Gasteiger charge is -2.32. The predicted molar refractivity (Wildman–Crippen MR) is 107 cm³/mol. The minimum absolute atomic E-state index is 0.0127. The van der Waals surface area contributed by atoms with Crippen molar-refractivity contribution in [1.29, 1.82) is 0 Å². The first-order valence-corrected chi connectivity index (χ1v) is 9.75. The van der Waals surface area contributed by atoms with Crippen LogP contribution in [-0.4, -0.2) is 30.4 Å². The van der Waals surface area contributed by atoms with Gasteiger partial charge in [0.15, 0.2) is 5.96 Å². The van der Waals surface area contributed by atoms with Gasteiger partial charge in [-0.15, -0.1) is 11.3 Å². The number of hydrogen-bond donors (Lipinski definition) is 1. The first-order chi connectivity index (χ1) is 12.4. The number of unbranched alkanes of at least 4 members (excludes halogenated alkanes) is 1. The smallest absolute Gasteiger partial charge is 0.231 e. The van der Waals surface area contributed by atoms with Crippen molar-refractivity contribution in [2.45, 2.75) is 38.6 Å². The minimum atomic E-state index is -0.605. The van der Waals surface area contributed by atoms with Gasteiger partial charge in [0.05, 0.1) is 13.0 Å². The van der Waals surface area contributed by atoms with E-state index in [2.05, 4.69) is 35.5 Å². The van der Waals surface area contributed by atoms with Gasteiger partial charge in [-0.3, -0.25) is 9.69 Å². The standard InChI is InChI=1S/C20H25N3O2S/c1-4-5-9-25-16-8-6-7-14(10-16)15-11-17(26-13-15)20(2)12-18(24)23(3)19(21)22-20/h6-8,10-11,13H,4-5,9,12H2,1-3H3,(H2,21,22)/t20-/m0/s1. The van der Waals surface area contributed by atoms with Crippen LogP contribution in [0.25, 0.3) is 11.1 Å². The highest BCUT2D eigenvalue weighted by atomic mass is 32.1. The molecule has 0 saturated heterocycles. The molecule has 0 saturated carbocycles. The minimum Gasteiger partial charge on any atom is -0.494 e. The van der Waals surface area contributed by atoms with Gasteiger partial charge in [0.1, 0.15) is 11.3 Å². The van der Waals surface area contributed by atoms with E-state index in [9.17, 15) is 4.79 Å².